The molecule has 1 saturated heterocycles. The lowest BCUT2D eigenvalue weighted by Gasteiger charge is -2.33. The van der Waals surface area contributed by atoms with Crippen LogP contribution in [0, 0.1) is 0 Å². The van der Waals surface area contributed by atoms with E-state index in [0.29, 0.717) is 6.54 Å². The van der Waals surface area contributed by atoms with E-state index < -0.39 is 0 Å². The van der Waals surface area contributed by atoms with Gasteiger partial charge < -0.3 is 4.90 Å². The van der Waals surface area contributed by atoms with Gasteiger partial charge in [-0.1, -0.05) is 26.0 Å². The van der Waals surface area contributed by atoms with E-state index in [1.54, 1.807) is 11.8 Å². The molecule has 1 fully saturated rings. The average Bonchev–Trinajstić information content (AvgIpc) is 2.49. The number of piperazine rings is 1. The van der Waals surface area contributed by atoms with E-state index in [-0.39, 0.29) is 5.78 Å². The van der Waals surface area contributed by atoms with Crippen molar-refractivity contribution in [3.05, 3.63) is 29.8 Å². The first-order valence-electron chi connectivity index (χ1n) is 7.43. The number of ketones is 1. The lowest BCUT2D eigenvalue weighted by molar-refractivity contribution is 0.0859. The molecule has 1 aromatic rings. The molecule has 0 atom stereocenters. The number of Topliss-reactive ketones (excluding diaryl/α,β-unsaturated/α-hetero) is 1. The molecule has 110 valence electrons. The van der Waals surface area contributed by atoms with Crippen molar-refractivity contribution in [2.75, 3.05) is 45.0 Å². The topological polar surface area (TPSA) is 23.6 Å². The lowest BCUT2D eigenvalue weighted by Crippen LogP contribution is -2.47. The van der Waals surface area contributed by atoms with Crippen LogP contribution in [0.4, 0.5) is 0 Å². The first kappa shape index (κ1) is 15.5. The molecule has 0 amide bonds. The molecule has 0 radical (unpaired) electrons. The minimum absolute atomic E-state index is 0.239. The number of benzene rings is 1. The molecule has 3 nitrogen and oxygen atoms in total. The van der Waals surface area contributed by atoms with Gasteiger partial charge in [-0.25, -0.2) is 0 Å². The summed E-state index contributed by atoms with van der Waals surface area (Å²) in [6, 6.07) is 8.03. The van der Waals surface area contributed by atoms with Crippen molar-refractivity contribution in [2.24, 2.45) is 0 Å². The van der Waals surface area contributed by atoms with E-state index in [4.69, 9.17) is 0 Å². The molecule has 1 aromatic carbocycles. The molecule has 20 heavy (non-hydrogen) atoms. The van der Waals surface area contributed by atoms with Crippen LogP contribution in [0.2, 0.25) is 0 Å². The van der Waals surface area contributed by atoms with Gasteiger partial charge in [-0.05, 0) is 24.4 Å². The van der Waals surface area contributed by atoms with Crippen LogP contribution in [-0.2, 0) is 0 Å². The third kappa shape index (κ3) is 4.33. The second kappa shape index (κ2) is 7.81. The highest BCUT2D eigenvalue weighted by molar-refractivity contribution is 7.99. The van der Waals surface area contributed by atoms with Crippen LogP contribution < -0.4 is 0 Å². The second-order valence-electron chi connectivity index (χ2n) is 5.09. The summed E-state index contributed by atoms with van der Waals surface area (Å²) < 4.78 is 0. The Bertz CT molecular complexity index is 425. The molecule has 1 aliphatic rings. The molecule has 0 spiro atoms. The highest BCUT2D eigenvalue weighted by atomic mass is 32.2. The molecule has 0 aromatic heterocycles. The van der Waals surface area contributed by atoms with Crippen LogP contribution in [0.3, 0.4) is 0 Å². The van der Waals surface area contributed by atoms with Gasteiger partial charge in [0, 0.05) is 36.6 Å². The van der Waals surface area contributed by atoms with Crippen molar-refractivity contribution in [3.63, 3.8) is 0 Å². The summed E-state index contributed by atoms with van der Waals surface area (Å²) in [7, 11) is 0. The molecule has 2 rings (SSSR count). The smallest absolute Gasteiger partial charge is 0.176 e. The number of thioether (sulfide) groups is 1. The maximum atomic E-state index is 12.3. The predicted octanol–water partition coefficient (Wildman–Crippen LogP) is 2.62. The summed E-state index contributed by atoms with van der Waals surface area (Å²) in [6.07, 6.45) is 0. The normalized spacial score (nSPS) is 17.3. The third-order valence-corrected chi connectivity index (χ3v) is 4.66. The van der Waals surface area contributed by atoms with Crippen LogP contribution in [0.15, 0.2) is 29.2 Å². The molecule has 0 saturated carbocycles. The molecular weight excluding hydrogens is 268 g/mol. The van der Waals surface area contributed by atoms with Gasteiger partial charge in [-0.15, -0.1) is 11.8 Å². The number of nitrogens with zero attached hydrogens (tertiary/aromatic N) is 2. The largest absolute Gasteiger partial charge is 0.301 e. The summed E-state index contributed by atoms with van der Waals surface area (Å²) in [5.74, 6) is 1.30. The standard InChI is InChI=1S/C16H24N2OS/c1-3-17-9-11-18(12-10-17)13-16(19)14-5-7-15(8-6-14)20-4-2/h5-8H,3-4,9-13H2,1-2H3. The van der Waals surface area contributed by atoms with Gasteiger partial charge in [0.05, 0.1) is 6.54 Å². The first-order valence-corrected chi connectivity index (χ1v) is 8.42. The van der Waals surface area contributed by atoms with E-state index in [9.17, 15) is 4.79 Å². The number of carbonyl (C=O) groups excluding carboxylic acids is 1. The zero-order valence-corrected chi connectivity index (χ0v) is 13.3. The first-order chi connectivity index (χ1) is 9.72. The summed E-state index contributed by atoms with van der Waals surface area (Å²) >= 11 is 1.81. The van der Waals surface area contributed by atoms with Crippen LogP contribution in [0.25, 0.3) is 0 Å². The third-order valence-electron chi connectivity index (χ3n) is 3.77. The summed E-state index contributed by atoms with van der Waals surface area (Å²) in [6.45, 7) is 10.2. The van der Waals surface area contributed by atoms with Crippen LogP contribution in [-0.4, -0.2) is 60.6 Å². The van der Waals surface area contributed by atoms with Gasteiger partial charge in [0.2, 0.25) is 0 Å². The van der Waals surface area contributed by atoms with Crippen molar-refractivity contribution in [3.8, 4) is 0 Å². The Labute approximate surface area is 126 Å². The van der Waals surface area contributed by atoms with E-state index >= 15 is 0 Å². The van der Waals surface area contributed by atoms with Crippen LogP contribution >= 0.6 is 11.8 Å². The monoisotopic (exact) mass is 292 g/mol. The van der Waals surface area contributed by atoms with Crippen molar-refractivity contribution >= 4 is 17.5 Å². The summed E-state index contributed by atoms with van der Waals surface area (Å²) in [5.41, 5.74) is 0.836. The number of hydrogen-bond acceptors (Lipinski definition) is 4. The van der Waals surface area contributed by atoms with Gasteiger partial charge in [-0.2, -0.15) is 0 Å². The zero-order chi connectivity index (χ0) is 14.4. The fraction of sp³-hybridized carbons (Fsp3) is 0.562. The number of carbonyl (C=O) groups is 1. The Morgan fingerprint density at radius 2 is 1.65 bits per heavy atom. The summed E-state index contributed by atoms with van der Waals surface area (Å²) in [4.78, 5) is 18.2. The van der Waals surface area contributed by atoms with Gasteiger partial charge in [0.15, 0.2) is 5.78 Å². The maximum Gasteiger partial charge on any atom is 0.176 e. The predicted molar refractivity (Wildman–Crippen MR) is 85.7 cm³/mol. The summed E-state index contributed by atoms with van der Waals surface area (Å²) in [5, 5.41) is 0. The van der Waals surface area contributed by atoms with Crippen molar-refractivity contribution in [2.45, 2.75) is 18.7 Å². The fourth-order valence-electron chi connectivity index (χ4n) is 2.46. The molecule has 0 aliphatic carbocycles. The molecular formula is C16H24N2OS. The fourth-order valence-corrected chi connectivity index (χ4v) is 3.12. The van der Waals surface area contributed by atoms with E-state index in [1.807, 2.05) is 12.1 Å². The van der Waals surface area contributed by atoms with Crippen molar-refractivity contribution in [1.29, 1.82) is 0 Å². The molecule has 1 aliphatic heterocycles. The van der Waals surface area contributed by atoms with E-state index in [2.05, 4.69) is 35.8 Å². The number of likely N-dealkylation sites (N-methyl/N-ethyl adjacent to an activating group) is 1. The maximum absolute atomic E-state index is 12.3. The minimum Gasteiger partial charge on any atom is -0.301 e. The Balaban J connectivity index is 1.85. The Morgan fingerprint density at radius 1 is 1.05 bits per heavy atom. The number of hydrogen-bond donors (Lipinski definition) is 0. The van der Waals surface area contributed by atoms with Gasteiger partial charge in [0.25, 0.3) is 0 Å². The van der Waals surface area contributed by atoms with Crippen LogP contribution in [0.1, 0.15) is 24.2 Å². The minimum atomic E-state index is 0.239. The molecule has 4 heteroatoms. The second-order valence-corrected chi connectivity index (χ2v) is 6.43. The molecule has 0 N–H and O–H groups in total. The van der Waals surface area contributed by atoms with Gasteiger partial charge in [0.1, 0.15) is 0 Å². The van der Waals surface area contributed by atoms with Gasteiger partial charge in [-0.3, -0.25) is 9.69 Å². The highest BCUT2D eigenvalue weighted by Crippen LogP contribution is 2.18. The Hall–Kier alpha value is -0.840. The van der Waals surface area contributed by atoms with E-state index in [1.165, 1.54) is 4.90 Å². The SMILES string of the molecule is CCSc1ccc(C(=O)CN2CCN(CC)CC2)cc1. The zero-order valence-electron chi connectivity index (χ0n) is 12.5. The van der Waals surface area contributed by atoms with Crippen LogP contribution in [0.5, 0.6) is 0 Å². The molecule has 1 heterocycles. The van der Waals surface area contributed by atoms with Crippen molar-refractivity contribution in [1.82, 2.24) is 9.80 Å². The molecule has 0 bridgehead atoms. The van der Waals surface area contributed by atoms with E-state index in [0.717, 1.165) is 44.0 Å². The van der Waals surface area contributed by atoms with Gasteiger partial charge >= 0.3 is 0 Å². The lowest BCUT2D eigenvalue weighted by atomic mass is 10.1. The average molecular weight is 292 g/mol. The molecule has 0 unspecified atom stereocenters. The quantitative estimate of drug-likeness (QED) is 0.594. The highest BCUT2D eigenvalue weighted by Gasteiger charge is 2.18. The number of rotatable bonds is 6. The Kier molecular flexibility index (Phi) is 6.07. The Morgan fingerprint density at radius 3 is 2.20 bits per heavy atom. The van der Waals surface area contributed by atoms with Crippen molar-refractivity contribution < 1.29 is 4.79 Å².